The molecule has 2 aliphatic heterocycles. The molecule has 0 aromatic heterocycles. The van der Waals surface area contributed by atoms with Crippen molar-refractivity contribution in [2.45, 2.75) is 24.4 Å². The average Bonchev–Trinajstić information content (AvgIpc) is 3.22. The van der Waals surface area contributed by atoms with Crippen molar-refractivity contribution in [2.24, 2.45) is 0 Å². The molecule has 1 aromatic rings. The Labute approximate surface area is 133 Å². The van der Waals surface area contributed by atoms with Gasteiger partial charge in [-0.2, -0.15) is 0 Å². The van der Waals surface area contributed by atoms with E-state index in [1.54, 1.807) is 21.9 Å². The Morgan fingerprint density at radius 3 is 2.83 bits per heavy atom. The SMILES string of the molecule is O=C(N[C@@H]1C[C@H]1c1ccc(F)cc1)N1CCN2C(=O)NCC2C1. The van der Waals surface area contributed by atoms with Gasteiger partial charge in [0.15, 0.2) is 0 Å². The zero-order chi connectivity index (χ0) is 16.0. The van der Waals surface area contributed by atoms with Gasteiger partial charge in [-0.05, 0) is 24.1 Å². The minimum atomic E-state index is -0.243. The van der Waals surface area contributed by atoms with Gasteiger partial charge in [-0.3, -0.25) is 0 Å². The van der Waals surface area contributed by atoms with Crippen molar-refractivity contribution in [1.29, 1.82) is 0 Å². The van der Waals surface area contributed by atoms with Gasteiger partial charge in [-0.1, -0.05) is 12.1 Å². The molecule has 122 valence electrons. The second-order valence-corrected chi connectivity index (χ2v) is 6.43. The largest absolute Gasteiger partial charge is 0.336 e. The summed E-state index contributed by atoms with van der Waals surface area (Å²) in [6.07, 6.45) is 0.890. The van der Waals surface area contributed by atoms with Crippen molar-refractivity contribution in [3.8, 4) is 0 Å². The van der Waals surface area contributed by atoms with Crippen LogP contribution in [0.2, 0.25) is 0 Å². The van der Waals surface area contributed by atoms with Gasteiger partial charge in [0.05, 0.1) is 6.04 Å². The number of fused-ring (bicyclic) bond motifs is 1. The molecule has 3 aliphatic rings. The van der Waals surface area contributed by atoms with Crippen LogP contribution in [-0.2, 0) is 0 Å². The molecular weight excluding hydrogens is 299 g/mol. The Kier molecular flexibility index (Phi) is 3.36. The molecule has 0 radical (unpaired) electrons. The van der Waals surface area contributed by atoms with E-state index < -0.39 is 0 Å². The first-order chi connectivity index (χ1) is 11.1. The first-order valence-corrected chi connectivity index (χ1v) is 7.97. The molecule has 23 heavy (non-hydrogen) atoms. The minimum Gasteiger partial charge on any atom is -0.336 e. The van der Waals surface area contributed by atoms with Crippen molar-refractivity contribution in [1.82, 2.24) is 20.4 Å². The summed E-state index contributed by atoms with van der Waals surface area (Å²) in [4.78, 5) is 27.5. The molecule has 2 heterocycles. The van der Waals surface area contributed by atoms with E-state index in [-0.39, 0.29) is 35.9 Å². The Balaban J connectivity index is 1.31. The summed E-state index contributed by atoms with van der Waals surface area (Å²) in [5.41, 5.74) is 1.06. The summed E-state index contributed by atoms with van der Waals surface area (Å²) in [5.74, 6) is 0.0307. The van der Waals surface area contributed by atoms with Crippen molar-refractivity contribution in [3.05, 3.63) is 35.6 Å². The van der Waals surface area contributed by atoms with Crippen LogP contribution in [0.1, 0.15) is 17.9 Å². The van der Waals surface area contributed by atoms with Crippen LogP contribution in [0.25, 0.3) is 0 Å². The number of piperazine rings is 1. The van der Waals surface area contributed by atoms with Crippen LogP contribution in [0.5, 0.6) is 0 Å². The summed E-state index contributed by atoms with van der Waals surface area (Å²) in [7, 11) is 0. The van der Waals surface area contributed by atoms with E-state index in [2.05, 4.69) is 10.6 Å². The molecule has 3 fully saturated rings. The molecule has 1 aliphatic carbocycles. The molecule has 7 heteroatoms. The number of nitrogens with zero attached hydrogens (tertiary/aromatic N) is 2. The molecule has 3 atom stereocenters. The van der Waals surface area contributed by atoms with Gasteiger partial charge < -0.3 is 20.4 Å². The Hall–Kier alpha value is -2.31. The highest BCUT2D eigenvalue weighted by Crippen LogP contribution is 2.40. The molecule has 0 bridgehead atoms. The highest BCUT2D eigenvalue weighted by molar-refractivity contribution is 5.79. The monoisotopic (exact) mass is 318 g/mol. The molecule has 4 rings (SSSR count). The van der Waals surface area contributed by atoms with Gasteiger partial charge in [-0.15, -0.1) is 0 Å². The lowest BCUT2D eigenvalue weighted by molar-refractivity contribution is 0.129. The van der Waals surface area contributed by atoms with E-state index >= 15 is 0 Å². The van der Waals surface area contributed by atoms with Crippen molar-refractivity contribution >= 4 is 12.1 Å². The first-order valence-electron chi connectivity index (χ1n) is 7.97. The van der Waals surface area contributed by atoms with Crippen LogP contribution >= 0.6 is 0 Å². The molecule has 6 nitrogen and oxygen atoms in total. The van der Waals surface area contributed by atoms with Crippen LogP contribution in [0.15, 0.2) is 24.3 Å². The predicted octanol–water partition coefficient (Wildman–Crippen LogP) is 1.10. The van der Waals surface area contributed by atoms with E-state index in [1.807, 2.05) is 0 Å². The van der Waals surface area contributed by atoms with Crippen LogP contribution in [0.4, 0.5) is 14.0 Å². The van der Waals surface area contributed by atoms with Crippen LogP contribution in [-0.4, -0.2) is 60.1 Å². The number of halogens is 1. The zero-order valence-electron chi connectivity index (χ0n) is 12.7. The number of amides is 4. The molecule has 1 unspecified atom stereocenters. The third kappa shape index (κ3) is 2.71. The summed E-state index contributed by atoms with van der Waals surface area (Å²) >= 11 is 0. The summed E-state index contributed by atoms with van der Waals surface area (Å²) in [5, 5.41) is 5.85. The smallest absolute Gasteiger partial charge is 0.317 e. The highest BCUT2D eigenvalue weighted by atomic mass is 19.1. The van der Waals surface area contributed by atoms with Gasteiger partial charge in [0, 0.05) is 38.1 Å². The number of urea groups is 2. The lowest BCUT2D eigenvalue weighted by atomic mass is 10.1. The Bertz CT molecular complexity index is 635. The molecule has 2 saturated heterocycles. The van der Waals surface area contributed by atoms with Crippen molar-refractivity contribution < 1.29 is 14.0 Å². The Morgan fingerprint density at radius 1 is 1.26 bits per heavy atom. The fraction of sp³-hybridized carbons (Fsp3) is 0.500. The summed E-state index contributed by atoms with van der Waals surface area (Å²) < 4.78 is 12.9. The third-order valence-electron chi connectivity index (χ3n) is 4.92. The van der Waals surface area contributed by atoms with E-state index in [9.17, 15) is 14.0 Å². The molecule has 1 aromatic carbocycles. The normalized spacial score (nSPS) is 29.1. The number of nitrogens with one attached hydrogen (secondary N) is 2. The fourth-order valence-corrected chi connectivity index (χ4v) is 3.47. The molecular formula is C16H19FN4O2. The maximum atomic E-state index is 12.9. The molecule has 2 N–H and O–H groups in total. The highest BCUT2D eigenvalue weighted by Gasteiger charge is 2.42. The van der Waals surface area contributed by atoms with E-state index in [1.165, 1.54) is 12.1 Å². The average molecular weight is 318 g/mol. The van der Waals surface area contributed by atoms with E-state index in [0.717, 1.165) is 12.0 Å². The van der Waals surface area contributed by atoms with Crippen molar-refractivity contribution in [2.75, 3.05) is 26.2 Å². The Morgan fingerprint density at radius 2 is 2.04 bits per heavy atom. The quantitative estimate of drug-likeness (QED) is 0.858. The summed E-state index contributed by atoms with van der Waals surface area (Å²) in [6, 6.07) is 6.56. The second kappa shape index (κ2) is 5.40. The van der Waals surface area contributed by atoms with Crippen molar-refractivity contribution in [3.63, 3.8) is 0 Å². The standard InChI is InChI=1S/C16H19FN4O2/c17-11-3-1-10(2-4-11)13-7-14(13)19-16(23)20-5-6-21-12(9-20)8-18-15(21)22/h1-4,12-14H,5-9H2,(H,18,22)(H,19,23)/t12?,13-,14+/m0/s1. The van der Waals surface area contributed by atoms with Gasteiger partial charge in [0.1, 0.15) is 5.82 Å². The van der Waals surface area contributed by atoms with Gasteiger partial charge in [0.2, 0.25) is 0 Å². The molecule has 1 saturated carbocycles. The minimum absolute atomic E-state index is 0.0337. The predicted molar refractivity (Wildman–Crippen MR) is 81.5 cm³/mol. The maximum Gasteiger partial charge on any atom is 0.317 e. The van der Waals surface area contributed by atoms with E-state index in [4.69, 9.17) is 0 Å². The maximum absolute atomic E-state index is 12.9. The lowest BCUT2D eigenvalue weighted by Gasteiger charge is -2.36. The van der Waals surface area contributed by atoms with E-state index in [0.29, 0.717) is 26.2 Å². The molecule has 0 spiro atoms. The fourth-order valence-electron chi connectivity index (χ4n) is 3.47. The number of carbonyl (C=O) groups is 2. The zero-order valence-corrected chi connectivity index (χ0v) is 12.7. The third-order valence-corrected chi connectivity index (χ3v) is 4.92. The number of hydrogen-bond acceptors (Lipinski definition) is 2. The summed E-state index contributed by atoms with van der Waals surface area (Å²) in [6.45, 7) is 2.31. The van der Waals surface area contributed by atoms with Crippen LogP contribution in [0, 0.1) is 5.82 Å². The number of benzene rings is 1. The number of rotatable bonds is 2. The number of hydrogen-bond donors (Lipinski definition) is 2. The lowest BCUT2D eigenvalue weighted by Crippen LogP contribution is -2.56. The number of carbonyl (C=O) groups excluding carboxylic acids is 2. The van der Waals surface area contributed by atoms with Gasteiger partial charge in [0.25, 0.3) is 0 Å². The van der Waals surface area contributed by atoms with Crippen LogP contribution in [0.3, 0.4) is 0 Å². The van der Waals surface area contributed by atoms with Crippen LogP contribution < -0.4 is 10.6 Å². The second-order valence-electron chi connectivity index (χ2n) is 6.43. The molecule has 4 amide bonds. The topological polar surface area (TPSA) is 64.7 Å². The van der Waals surface area contributed by atoms with Gasteiger partial charge in [-0.25, -0.2) is 14.0 Å². The first kappa shape index (κ1) is 14.3. The van der Waals surface area contributed by atoms with Gasteiger partial charge >= 0.3 is 12.1 Å².